The highest BCUT2D eigenvalue weighted by Crippen LogP contribution is 2.51. The summed E-state index contributed by atoms with van der Waals surface area (Å²) >= 11 is 0. The normalized spacial score (nSPS) is 19.9. The molecule has 1 saturated carbocycles. The summed E-state index contributed by atoms with van der Waals surface area (Å²) in [6, 6.07) is 17.4. The number of piperazine rings is 1. The first-order valence-electron chi connectivity index (χ1n) is 14.7. The van der Waals surface area contributed by atoms with Crippen LogP contribution in [0.3, 0.4) is 0 Å². The monoisotopic (exact) mass is 553 g/mol. The Morgan fingerprint density at radius 1 is 0.976 bits per heavy atom. The van der Waals surface area contributed by atoms with Gasteiger partial charge in [0.05, 0.1) is 11.8 Å². The molecule has 2 aliphatic heterocycles. The predicted octanol–water partition coefficient (Wildman–Crippen LogP) is 5.87. The predicted molar refractivity (Wildman–Crippen MR) is 158 cm³/mol. The Balaban J connectivity index is 0.918. The Hall–Kier alpha value is -3.75. The van der Waals surface area contributed by atoms with Gasteiger partial charge in [-0.15, -0.1) is 0 Å². The molecule has 3 fully saturated rings. The number of rotatable bonds is 7. The molecule has 1 aliphatic carbocycles. The molecule has 3 aliphatic rings. The molecular formula is C33H36FN5O2. The van der Waals surface area contributed by atoms with E-state index in [2.05, 4.69) is 24.7 Å². The highest BCUT2D eigenvalue weighted by atomic mass is 19.1. The van der Waals surface area contributed by atoms with Gasteiger partial charge in [-0.1, -0.05) is 12.1 Å². The number of piperidine rings is 1. The van der Waals surface area contributed by atoms with E-state index in [1.807, 2.05) is 48.7 Å². The number of benzene rings is 2. The molecule has 0 radical (unpaired) electrons. The smallest absolute Gasteiger partial charge is 0.153 e. The fourth-order valence-corrected chi connectivity index (χ4v) is 6.99. The standard InChI is InChI=1S/C33H36FN5O2/c34-27-4-1-24(2-5-27)22-37-13-15-39(16-14-37)29-19-33(20-29)8-11-38(12-9-33)28-6-3-26(23-40)31(18-28)41-30-17-25-7-10-35-32(25)36-21-30/h1-7,10,17-18,21,23,29H,8-9,11-16,19-20,22H2,(H,35,36). The van der Waals surface area contributed by atoms with E-state index in [0.29, 0.717) is 28.5 Å². The average molecular weight is 554 g/mol. The number of ether oxygens (including phenoxy) is 1. The first-order chi connectivity index (χ1) is 20.1. The highest BCUT2D eigenvalue weighted by Gasteiger charge is 2.48. The topological polar surface area (TPSA) is 64.7 Å². The summed E-state index contributed by atoms with van der Waals surface area (Å²) in [4.78, 5) is 26.9. The maximum Gasteiger partial charge on any atom is 0.153 e. The van der Waals surface area contributed by atoms with Crippen LogP contribution in [0.2, 0.25) is 0 Å². The van der Waals surface area contributed by atoms with Gasteiger partial charge in [-0.3, -0.25) is 14.6 Å². The molecule has 0 bridgehead atoms. The molecule has 2 saturated heterocycles. The summed E-state index contributed by atoms with van der Waals surface area (Å²) in [5, 5.41) is 0.971. The number of carbonyl (C=O) groups is 1. The molecular weight excluding hydrogens is 517 g/mol. The van der Waals surface area contributed by atoms with Crippen LogP contribution in [-0.4, -0.2) is 71.4 Å². The number of aldehydes is 1. The number of fused-ring (bicyclic) bond motifs is 1. The lowest BCUT2D eigenvalue weighted by Gasteiger charge is -2.56. The van der Waals surface area contributed by atoms with Crippen molar-refractivity contribution >= 4 is 23.0 Å². The van der Waals surface area contributed by atoms with Gasteiger partial charge in [-0.2, -0.15) is 0 Å². The van der Waals surface area contributed by atoms with E-state index in [1.54, 1.807) is 18.3 Å². The third kappa shape index (κ3) is 5.46. The third-order valence-electron chi connectivity index (χ3n) is 9.50. The van der Waals surface area contributed by atoms with Gasteiger partial charge in [0.1, 0.15) is 23.0 Å². The van der Waals surface area contributed by atoms with E-state index in [9.17, 15) is 9.18 Å². The number of halogens is 1. The van der Waals surface area contributed by atoms with Gasteiger partial charge in [0, 0.05) is 75.2 Å². The Kier molecular flexibility index (Phi) is 6.96. The molecule has 7 rings (SSSR count). The molecule has 4 heterocycles. The zero-order chi connectivity index (χ0) is 27.8. The summed E-state index contributed by atoms with van der Waals surface area (Å²) in [5.74, 6) is 1.01. The number of carbonyl (C=O) groups excluding carboxylic acids is 1. The average Bonchev–Trinajstić information content (AvgIpc) is 3.46. The highest BCUT2D eigenvalue weighted by molar-refractivity contribution is 5.81. The molecule has 1 spiro atoms. The lowest BCUT2D eigenvalue weighted by atomic mass is 9.60. The summed E-state index contributed by atoms with van der Waals surface area (Å²) < 4.78 is 19.4. The molecule has 41 heavy (non-hydrogen) atoms. The van der Waals surface area contributed by atoms with Crippen molar-refractivity contribution < 1.29 is 13.9 Å². The van der Waals surface area contributed by atoms with Crippen molar-refractivity contribution in [2.45, 2.75) is 38.3 Å². The molecule has 7 nitrogen and oxygen atoms in total. The van der Waals surface area contributed by atoms with Crippen molar-refractivity contribution in [3.8, 4) is 11.5 Å². The maximum atomic E-state index is 13.2. The number of H-pyrrole nitrogens is 1. The Bertz CT molecular complexity index is 1510. The van der Waals surface area contributed by atoms with Crippen LogP contribution < -0.4 is 9.64 Å². The minimum Gasteiger partial charge on any atom is -0.455 e. The van der Waals surface area contributed by atoms with Crippen molar-refractivity contribution in [1.82, 2.24) is 19.8 Å². The second-order valence-corrected chi connectivity index (χ2v) is 12.0. The summed E-state index contributed by atoms with van der Waals surface area (Å²) in [5.41, 5.74) is 4.10. The van der Waals surface area contributed by atoms with Crippen LogP contribution in [0.15, 0.2) is 67.0 Å². The fourth-order valence-electron chi connectivity index (χ4n) is 6.99. The number of nitrogens with one attached hydrogen (secondary N) is 1. The summed E-state index contributed by atoms with van der Waals surface area (Å²) in [6.45, 7) is 7.33. The van der Waals surface area contributed by atoms with E-state index >= 15 is 0 Å². The van der Waals surface area contributed by atoms with E-state index in [0.717, 1.165) is 68.8 Å². The summed E-state index contributed by atoms with van der Waals surface area (Å²) in [7, 11) is 0. The van der Waals surface area contributed by atoms with Gasteiger partial charge < -0.3 is 14.6 Å². The van der Waals surface area contributed by atoms with Gasteiger partial charge in [-0.25, -0.2) is 9.37 Å². The first-order valence-corrected chi connectivity index (χ1v) is 14.7. The van der Waals surface area contributed by atoms with Crippen molar-refractivity contribution in [2.24, 2.45) is 5.41 Å². The number of hydrogen-bond donors (Lipinski definition) is 1. The van der Waals surface area contributed by atoms with Crippen LogP contribution in [-0.2, 0) is 6.54 Å². The number of nitrogens with zero attached hydrogens (tertiary/aromatic N) is 4. The van der Waals surface area contributed by atoms with Crippen LogP contribution in [0.4, 0.5) is 10.1 Å². The molecule has 8 heteroatoms. The number of anilines is 1. The third-order valence-corrected chi connectivity index (χ3v) is 9.50. The molecule has 0 atom stereocenters. The van der Waals surface area contributed by atoms with Crippen molar-refractivity contribution in [1.29, 1.82) is 0 Å². The van der Waals surface area contributed by atoms with Crippen molar-refractivity contribution in [2.75, 3.05) is 44.2 Å². The van der Waals surface area contributed by atoms with Gasteiger partial charge in [0.15, 0.2) is 6.29 Å². The Morgan fingerprint density at radius 2 is 1.76 bits per heavy atom. The number of hydrogen-bond acceptors (Lipinski definition) is 6. The number of aromatic amines is 1. The van der Waals surface area contributed by atoms with E-state index < -0.39 is 0 Å². The quantitative estimate of drug-likeness (QED) is 0.289. The Morgan fingerprint density at radius 3 is 2.51 bits per heavy atom. The van der Waals surface area contributed by atoms with Crippen LogP contribution in [0.5, 0.6) is 11.5 Å². The second kappa shape index (κ2) is 10.9. The van der Waals surface area contributed by atoms with Crippen molar-refractivity contribution in [3.63, 3.8) is 0 Å². The van der Waals surface area contributed by atoms with Crippen LogP contribution in [0, 0.1) is 11.2 Å². The lowest BCUT2D eigenvalue weighted by molar-refractivity contribution is -0.0355. The van der Waals surface area contributed by atoms with E-state index in [1.165, 1.54) is 31.2 Å². The molecule has 0 amide bonds. The van der Waals surface area contributed by atoms with E-state index in [-0.39, 0.29) is 5.82 Å². The zero-order valence-electron chi connectivity index (χ0n) is 23.3. The molecule has 2 aromatic carbocycles. The molecule has 2 aromatic heterocycles. The zero-order valence-corrected chi connectivity index (χ0v) is 23.3. The van der Waals surface area contributed by atoms with Crippen molar-refractivity contribution in [3.05, 3.63) is 83.9 Å². The summed E-state index contributed by atoms with van der Waals surface area (Å²) in [6.07, 6.45) is 9.39. The van der Waals surface area contributed by atoms with E-state index in [4.69, 9.17) is 4.74 Å². The Labute approximate surface area is 239 Å². The van der Waals surface area contributed by atoms with Gasteiger partial charge in [0.2, 0.25) is 0 Å². The van der Waals surface area contributed by atoms with Gasteiger partial charge >= 0.3 is 0 Å². The largest absolute Gasteiger partial charge is 0.455 e. The molecule has 4 aromatic rings. The van der Waals surface area contributed by atoms with Crippen LogP contribution >= 0.6 is 0 Å². The number of pyridine rings is 1. The lowest BCUT2D eigenvalue weighted by Crippen LogP contribution is -2.59. The van der Waals surface area contributed by atoms with Crippen LogP contribution in [0.1, 0.15) is 41.6 Å². The van der Waals surface area contributed by atoms with Gasteiger partial charge in [-0.05, 0) is 73.1 Å². The maximum absolute atomic E-state index is 13.2. The molecule has 0 unspecified atom stereocenters. The van der Waals surface area contributed by atoms with Crippen LogP contribution in [0.25, 0.3) is 11.0 Å². The first kappa shape index (κ1) is 26.2. The number of aromatic nitrogens is 2. The molecule has 212 valence electrons. The minimum atomic E-state index is -0.169. The minimum absolute atomic E-state index is 0.169. The second-order valence-electron chi connectivity index (χ2n) is 12.0. The fraction of sp³-hybridized carbons (Fsp3) is 0.394. The van der Waals surface area contributed by atoms with Gasteiger partial charge in [0.25, 0.3) is 0 Å². The SMILES string of the molecule is O=Cc1ccc(N2CCC3(CC2)CC(N2CCN(Cc4ccc(F)cc4)CC2)C3)cc1Oc1cnc2[nH]ccc2c1. The molecule has 1 N–H and O–H groups in total.